The molecular formula is C13H22N2O2. The van der Waals surface area contributed by atoms with Gasteiger partial charge in [0.2, 0.25) is 5.91 Å². The molecule has 0 spiro atoms. The number of nitrogens with zero attached hydrogens (tertiary/aromatic N) is 1. The lowest BCUT2D eigenvalue weighted by atomic mass is 10.1. The number of carbonyl (C=O) groups is 1. The molecule has 1 heterocycles. The van der Waals surface area contributed by atoms with E-state index >= 15 is 0 Å². The summed E-state index contributed by atoms with van der Waals surface area (Å²) in [4.78, 5) is 11.6. The number of hydrogen-bond donors (Lipinski definition) is 2. The smallest absolute Gasteiger partial charge is 0.240 e. The van der Waals surface area contributed by atoms with Gasteiger partial charge in [-0.3, -0.25) is 4.79 Å². The first-order valence-electron chi connectivity index (χ1n) is 6.19. The van der Waals surface area contributed by atoms with Gasteiger partial charge in [-0.25, -0.2) is 0 Å². The standard InChI is InChI=1S/C13H22N2O2/c1-4-10(3)14-13(17)9-15-7-6-11(8-15)12(16)5-2/h6-8,10,12,16H,4-5,9H2,1-3H3,(H,14,17). The first-order chi connectivity index (χ1) is 8.06. The van der Waals surface area contributed by atoms with Crippen molar-refractivity contribution in [2.24, 2.45) is 0 Å². The molecule has 2 atom stereocenters. The van der Waals surface area contributed by atoms with E-state index in [0.717, 1.165) is 12.0 Å². The number of nitrogens with one attached hydrogen (secondary N) is 1. The summed E-state index contributed by atoms with van der Waals surface area (Å²) in [5, 5.41) is 12.6. The molecule has 2 N–H and O–H groups in total. The number of aliphatic hydroxyl groups is 1. The van der Waals surface area contributed by atoms with E-state index in [9.17, 15) is 9.90 Å². The topological polar surface area (TPSA) is 54.3 Å². The second-order valence-corrected chi connectivity index (χ2v) is 4.42. The van der Waals surface area contributed by atoms with E-state index in [0.29, 0.717) is 13.0 Å². The molecule has 0 bridgehead atoms. The van der Waals surface area contributed by atoms with Gasteiger partial charge in [-0.1, -0.05) is 13.8 Å². The van der Waals surface area contributed by atoms with Crippen molar-refractivity contribution in [1.29, 1.82) is 0 Å². The van der Waals surface area contributed by atoms with E-state index in [1.807, 2.05) is 39.2 Å². The molecular weight excluding hydrogens is 216 g/mol. The molecule has 0 radical (unpaired) electrons. The van der Waals surface area contributed by atoms with E-state index in [1.54, 1.807) is 4.57 Å². The van der Waals surface area contributed by atoms with E-state index in [1.165, 1.54) is 0 Å². The monoisotopic (exact) mass is 238 g/mol. The van der Waals surface area contributed by atoms with Crippen molar-refractivity contribution >= 4 is 5.91 Å². The van der Waals surface area contributed by atoms with Crippen LogP contribution in [0.1, 0.15) is 45.3 Å². The van der Waals surface area contributed by atoms with E-state index in [2.05, 4.69) is 5.32 Å². The molecule has 1 aromatic rings. The number of hydrogen-bond acceptors (Lipinski definition) is 2. The summed E-state index contributed by atoms with van der Waals surface area (Å²) >= 11 is 0. The third kappa shape index (κ3) is 4.23. The Balaban J connectivity index is 2.51. The molecule has 1 rings (SSSR count). The quantitative estimate of drug-likeness (QED) is 0.794. The van der Waals surface area contributed by atoms with Crippen LogP contribution in [-0.4, -0.2) is 21.6 Å². The van der Waals surface area contributed by atoms with Crippen molar-refractivity contribution in [1.82, 2.24) is 9.88 Å². The third-order valence-electron chi connectivity index (χ3n) is 2.89. The van der Waals surface area contributed by atoms with Crippen molar-refractivity contribution in [2.75, 3.05) is 0 Å². The van der Waals surface area contributed by atoms with Gasteiger partial charge >= 0.3 is 0 Å². The van der Waals surface area contributed by atoms with Gasteiger partial charge in [0, 0.05) is 18.4 Å². The Labute approximate surface area is 103 Å². The molecule has 4 heteroatoms. The number of aliphatic hydroxyl groups excluding tert-OH is 1. The maximum Gasteiger partial charge on any atom is 0.240 e. The zero-order chi connectivity index (χ0) is 12.8. The molecule has 17 heavy (non-hydrogen) atoms. The van der Waals surface area contributed by atoms with Crippen molar-refractivity contribution in [3.63, 3.8) is 0 Å². The Kier molecular flexibility index (Phi) is 5.22. The second-order valence-electron chi connectivity index (χ2n) is 4.42. The number of rotatable bonds is 6. The van der Waals surface area contributed by atoms with Crippen LogP contribution in [0.15, 0.2) is 18.5 Å². The van der Waals surface area contributed by atoms with Crippen molar-refractivity contribution in [2.45, 2.75) is 52.3 Å². The largest absolute Gasteiger partial charge is 0.388 e. The molecule has 0 aliphatic carbocycles. The number of aromatic nitrogens is 1. The minimum atomic E-state index is -0.436. The van der Waals surface area contributed by atoms with Crippen LogP contribution >= 0.6 is 0 Å². The fourth-order valence-electron chi connectivity index (χ4n) is 1.58. The Bertz CT molecular complexity index is 360. The highest BCUT2D eigenvalue weighted by molar-refractivity contribution is 5.76. The van der Waals surface area contributed by atoms with Gasteiger partial charge in [0.05, 0.1) is 6.10 Å². The molecule has 0 saturated heterocycles. The summed E-state index contributed by atoms with van der Waals surface area (Å²) in [7, 11) is 0. The molecule has 1 amide bonds. The molecule has 0 saturated carbocycles. The summed E-state index contributed by atoms with van der Waals surface area (Å²) in [6, 6.07) is 2.06. The first-order valence-corrected chi connectivity index (χ1v) is 6.19. The van der Waals surface area contributed by atoms with Crippen LogP contribution in [0, 0.1) is 0 Å². The van der Waals surface area contributed by atoms with E-state index in [-0.39, 0.29) is 11.9 Å². The Morgan fingerprint density at radius 2 is 2.18 bits per heavy atom. The molecule has 4 nitrogen and oxygen atoms in total. The van der Waals surface area contributed by atoms with Crippen LogP contribution < -0.4 is 5.32 Å². The summed E-state index contributed by atoms with van der Waals surface area (Å²) in [5.74, 6) is 0.00693. The highest BCUT2D eigenvalue weighted by Crippen LogP contribution is 2.15. The normalized spacial score (nSPS) is 14.4. The zero-order valence-corrected chi connectivity index (χ0v) is 10.8. The van der Waals surface area contributed by atoms with E-state index in [4.69, 9.17) is 0 Å². The predicted octanol–water partition coefficient (Wildman–Crippen LogP) is 1.85. The molecule has 0 aliphatic rings. The number of amides is 1. The highest BCUT2D eigenvalue weighted by Gasteiger charge is 2.09. The minimum absolute atomic E-state index is 0.00693. The average Bonchev–Trinajstić information content (AvgIpc) is 2.76. The van der Waals surface area contributed by atoms with E-state index < -0.39 is 6.10 Å². The van der Waals surface area contributed by atoms with Gasteiger partial charge in [-0.15, -0.1) is 0 Å². The van der Waals surface area contributed by atoms with Gasteiger partial charge in [-0.2, -0.15) is 0 Å². The van der Waals surface area contributed by atoms with Crippen LogP contribution in [-0.2, 0) is 11.3 Å². The maximum atomic E-state index is 11.6. The fourth-order valence-corrected chi connectivity index (χ4v) is 1.58. The van der Waals surface area contributed by atoms with Crippen molar-refractivity contribution in [3.8, 4) is 0 Å². The summed E-state index contributed by atoms with van der Waals surface area (Å²) in [6.07, 6.45) is 4.82. The molecule has 0 fully saturated rings. The fraction of sp³-hybridized carbons (Fsp3) is 0.615. The Morgan fingerprint density at radius 1 is 1.47 bits per heavy atom. The zero-order valence-electron chi connectivity index (χ0n) is 10.8. The van der Waals surface area contributed by atoms with Crippen LogP contribution in [0.3, 0.4) is 0 Å². The van der Waals surface area contributed by atoms with Crippen molar-refractivity contribution < 1.29 is 9.90 Å². The first kappa shape index (κ1) is 13.8. The minimum Gasteiger partial charge on any atom is -0.388 e. The summed E-state index contributed by atoms with van der Waals surface area (Å²) < 4.78 is 1.80. The van der Waals surface area contributed by atoms with Gasteiger partial charge in [-0.05, 0) is 31.4 Å². The Morgan fingerprint density at radius 3 is 2.76 bits per heavy atom. The van der Waals surface area contributed by atoms with Crippen LogP contribution in [0.5, 0.6) is 0 Å². The summed E-state index contributed by atoms with van der Waals surface area (Å²) in [6.45, 7) is 6.26. The van der Waals surface area contributed by atoms with Crippen LogP contribution in [0.4, 0.5) is 0 Å². The lowest BCUT2D eigenvalue weighted by Gasteiger charge is -2.11. The SMILES string of the molecule is CCC(C)NC(=O)Cn1ccc(C(O)CC)c1. The Hall–Kier alpha value is -1.29. The third-order valence-corrected chi connectivity index (χ3v) is 2.89. The van der Waals surface area contributed by atoms with Crippen LogP contribution in [0.2, 0.25) is 0 Å². The molecule has 0 aromatic carbocycles. The second kappa shape index (κ2) is 6.45. The molecule has 0 aliphatic heterocycles. The van der Waals surface area contributed by atoms with Gasteiger partial charge in [0.25, 0.3) is 0 Å². The molecule has 1 aromatic heterocycles. The lowest BCUT2D eigenvalue weighted by Crippen LogP contribution is -2.34. The highest BCUT2D eigenvalue weighted by atomic mass is 16.3. The number of carbonyl (C=O) groups excluding carboxylic acids is 1. The van der Waals surface area contributed by atoms with Gasteiger partial charge < -0.3 is 15.0 Å². The predicted molar refractivity (Wildman–Crippen MR) is 67.6 cm³/mol. The lowest BCUT2D eigenvalue weighted by molar-refractivity contribution is -0.122. The maximum absolute atomic E-state index is 11.6. The summed E-state index contributed by atoms with van der Waals surface area (Å²) in [5.41, 5.74) is 0.865. The van der Waals surface area contributed by atoms with Gasteiger partial charge in [0.15, 0.2) is 0 Å². The van der Waals surface area contributed by atoms with Crippen LogP contribution in [0.25, 0.3) is 0 Å². The average molecular weight is 238 g/mol. The van der Waals surface area contributed by atoms with Crippen molar-refractivity contribution in [3.05, 3.63) is 24.0 Å². The molecule has 96 valence electrons. The van der Waals surface area contributed by atoms with Gasteiger partial charge in [0.1, 0.15) is 6.54 Å². The molecule has 2 unspecified atom stereocenters.